The van der Waals surface area contributed by atoms with Gasteiger partial charge in [-0.05, 0) is 6.07 Å². The molecule has 2 aromatic carbocycles. The number of rotatable bonds is 4. The average molecular weight is 325 g/mol. The molecule has 1 aromatic heterocycles. The number of pyridine rings is 1. The van der Waals surface area contributed by atoms with Crippen molar-refractivity contribution >= 4 is 16.7 Å². The Bertz CT molecular complexity index is 976. The Morgan fingerprint density at radius 2 is 1.67 bits per heavy atom. The fourth-order valence-electron chi connectivity index (χ4n) is 2.55. The molecule has 6 nitrogen and oxygen atoms in total. The smallest absolute Gasteiger partial charge is 0.263 e. The first-order valence-corrected chi connectivity index (χ1v) is 7.17. The fourth-order valence-corrected chi connectivity index (χ4v) is 2.55. The zero-order chi connectivity index (χ0) is 17.3. The molecular weight excluding hydrogens is 310 g/mol. The van der Waals surface area contributed by atoms with E-state index >= 15 is 0 Å². The average Bonchev–Trinajstić information content (AvgIpc) is 2.61. The number of fused-ring (bicyclic) bond motifs is 1. The van der Waals surface area contributed by atoms with Crippen LogP contribution in [0.5, 0.6) is 17.2 Å². The van der Waals surface area contributed by atoms with Crippen LogP contribution >= 0.6 is 0 Å². The van der Waals surface area contributed by atoms with Gasteiger partial charge in [0.25, 0.3) is 5.56 Å². The van der Waals surface area contributed by atoms with Crippen LogP contribution in [0.15, 0.2) is 47.3 Å². The maximum absolute atomic E-state index is 12.6. The third-order valence-corrected chi connectivity index (χ3v) is 3.75. The number of aromatic amines is 1. The van der Waals surface area contributed by atoms with Gasteiger partial charge in [-0.25, -0.2) is 0 Å². The second kappa shape index (κ2) is 6.08. The van der Waals surface area contributed by atoms with E-state index in [0.29, 0.717) is 28.0 Å². The van der Waals surface area contributed by atoms with Crippen molar-refractivity contribution in [2.75, 3.05) is 14.2 Å². The number of carbonyl (C=O) groups excluding carboxylic acids is 1. The van der Waals surface area contributed by atoms with Gasteiger partial charge in [0.2, 0.25) is 5.78 Å². The highest BCUT2D eigenvalue weighted by molar-refractivity contribution is 6.12. The number of carbonyl (C=O) groups is 1. The summed E-state index contributed by atoms with van der Waals surface area (Å²) in [6.45, 7) is 0. The number of ether oxygens (including phenoxy) is 2. The Hall–Kier alpha value is -3.28. The van der Waals surface area contributed by atoms with Crippen molar-refractivity contribution in [1.82, 2.24) is 4.98 Å². The molecule has 0 aliphatic rings. The lowest BCUT2D eigenvalue weighted by Crippen LogP contribution is -2.18. The van der Waals surface area contributed by atoms with E-state index in [1.54, 1.807) is 30.3 Å². The highest BCUT2D eigenvalue weighted by Crippen LogP contribution is 2.35. The summed E-state index contributed by atoms with van der Waals surface area (Å²) in [5, 5.41) is 10.8. The molecular formula is C18H15NO5. The molecule has 3 rings (SSSR count). The molecule has 0 aliphatic heterocycles. The Balaban J connectivity index is 2.27. The number of H-pyrrole nitrogens is 1. The number of ketones is 1. The van der Waals surface area contributed by atoms with Crippen LogP contribution in [0.1, 0.15) is 15.9 Å². The summed E-state index contributed by atoms with van der Waals surface area (Å²) < 4.78 is 10.4. The van der Waals surface area contributed by atoms with Gasteiger partial charge in [0.05, 0.1) is 19.7 Å². The molecule has 0 radical (unpaired) electrons. The topological polar surface area (TPSA) is 88.6 Å². The lowest BCUT2D eigenvalue weighted by Gasteiger charge is -2.11. The van der Waals surface area contributed by atoms with Gasteiger partial charge in [-0.2, -0.15) is 0 Å². The molecule has 6 heteroatoms. The summed E-state index contributed by atoms with van der Waals surface area (Å²) in [6.07, 6.45) is 0. The molecule has 0 unspecified atom stereocenters. The summed E-state index contributed by atoms with van der Waals surface area (Å²) in [7, 11) is 2.93. The fraction of sp³-hybridized carbons (Fsp3) is 0.111. The van der Waals surface area contributed by atoms with Crippen LogP contribution in [0.4, 0.5) is 0 Å². The van der Waals surface area contributed by atoms with Gasteiger partial charge in [-0.3, -0.25) is 9.59 Å². The minimum Gasteiger partial charge on any atom is -0.506 e. The van der Waals surface area contributed by atoms with Crippen molar-refractivity contribution in [3.8, 4) is 17.2 Å². The maximum Gasteiger partial charge on any atom is 0.263 e. The molecule has 0 aliphatic carbocycles. The van der Waals surface area contributed by atoms with Crippen LogP contribution in [0.3, 0.4) is 0 Å². The van der Waals surface area contributed by atoms with E-state index < -0.39 is 11.3 Å². The minimum atomic E-state index is -0.666. The van der Waals surface area contributed by atoms with Crippen molar-refractivity contribution in [1.29, 1.82) is 0 Å². The summed E-state index contributed by atoms with van der Waals surface area (Å²) in [6, 6.07) is 11.4. The standard InChI is InChI=1S/C18H15NO5/c1-23-13-8-11-12(9-14(13)24-2)19-18(22)15(17(11)21)16(20)10-6-4-3-5-7-10/h3-9H,1-2H3,(H2,19,21,22). The summed E-state index contributed by atoms with van der Waals surface area (Å²) in [4.78, 5) is 27.5. The number of hydrogen-bond donors (Lipinski definition) is 2. The molecule has 0 amide bonds. The van der Waals surface area contributed by atoms with Crippen molar-refractivity contribution in [2.24, 2.45) is 0 Å². The zero-order valence-corrected chi connectivity index (χ0v) is 13.1. The quantitative estimate of drug-likeness (QED) is 0.719. The van der Waals surface area contributed by atoms with E-state index in [4.69, 9.17) is 9.47 Å². The molecule has 0 spiro atoms. The van der Waals surface area contributed by atoms with Gasteiger partial charge in [-0.1, -0.05) is 30.3 Å². The molecule has 24 heavy (non-hydrogen) atoms. The van der Waals surface area contributed by atoms with E-state index in [1.807, 2.05) is 0 Å². The van der Waals surface area contributed by atoms with Gasteiger partial charge < -0.3 is 19.6 Å². The first-order valence-electron chi connectivity index (χ1n) is 7.17. The predicted molar refractivity (Wildman–Crippen MR) is 89.2 cm³/mol. The Morgan fingerprint density at radius 3 is 2.29 bits per heavy atom. The second-order valence-electron chi connectivity index (χ2n) is 5.13. The number of hydrogen-bond acceptors (Lipinski definition) is 5. The minimum absolute atomic E-state index is 0.298. The molecule has 0 fully saturated rings. The number of methoxy groups -OCH3 is 2. The Morgan fingerprint density at radius 1 is 1.04 bits per heavy atom. The monoisotopic (exact) mass is 325 g/mol. The molecule has 0 saturated carbocycles. The number of nitrogens with one attached hydrogen (secondary N) is 1. The first kappa shape index (κ1) is 15.6. The number of benzene rings is 2. The molecule has 0 saturated heterocycles. The van der Waals surface area contributed by atoms with Crippen molar-refractivity contribution in [2.45, 2.75) is 0 Å². The van der Waals surface area contributed by atoms with E-state index in [-0.39, 0.29) is 11.3 Å². The SMILES string of the molecule is COc1cc2[nH]c(=O)c(C(=O)c3ccccc3)c(O)c2cc1OC. The molecule has 3 aromatic rings. The van der Waals surface area contributed by atoms with Gasteiger partial charge in [0.15, 0.2) is 11.5 Å². The van der Waals surface area contributed by atoms with Gasteiger partial charge >= 0.3 is 0 Å². The van der Waals surface area contributed by atoms with Gasteiger partial charge in [-0.15, -0.1) is 0 Å². The summed E-state index contributed by atoms with van der Waals surface area (Å²) >= 11 is 0. The van der Waals surface area contributed by atoms with E-state index in [9.17, 15) is 14.7 Å². The van der Waals surface area contributed by atoms with Crippen LogP contribution in [-0.2, 0) is 0 Å². The zero-order valence-electron chi connectivity index (χ0n) is 13.1. The highest BCUT2D eigenvalue weighted by atomic mass is 16.5. The predicted octanol–water partition coefficient (Wildman–Crippen LogP) is 2.48. The van der Waals surface area contributed by atoms with Crippen LogP contribution in [-0.4, -0.2) is 30.1 Å². The van der Waals surface area contributed by atoms with Gasteiger partial charge in [0, 0.05) is 17.0 Å². The molecule has 2 N–H and O–H groups in total. The van der Waals surface area contributed by atoms with Crippen molar-refractivity contribution in [3.05, 3.63) is 63.9 Å². The number of aromatic nitrogens is 1. The van der Waals surface area contributed by atoms with Gasteiger partial charge in [0.1, 0.15) is 11.3 Å². The van der Waals surface area contributed by atoms with Crippen LogP contribution in [0.2, 0.25) is 0 Å². The normalized spacial score (nSPS) is 10.6. The lowest BCUT2D eigenvalue weighted by molar-refractivity contribution is 0.103. The third-order valence-electron chi connectivity index (χ3n) is 3.75. The van der Waals surface area contributed by atoms with Crippen LogP contribution < -0.4 is 15.0 Å². The highest BCUT2D eigenvalue weighted by Gasteiger charge is 2.21. The largest absolute Gasteiger partial charge is 0.506 e. The van der Waals surface area contributed by atoms with E-state index in [0.717, 1.165) is 0 Å². The maximum atomic E-state index is 12.6. The third kappa shape index (κ3) is 2.48. The molecule has 122 valence electrons. The van der Waals surface area contributed by atoms with E-state index in [1.165, 1.54) is 26.4 Å². The molecule has 1 heterocycles. The number of aromatic hydroxyl groups is 1. The van der Waals surface area contributed by atoms with Crippen molar-refractivity contribution in [3.63, 3.8) is 0 Å². The first-order chi connectivity index (χ1) is 11.6. The van der Waals surface area contributed by atoms with E-state index in [2.05, 4.69) is 4.98 Å². The Labute approximate surface area is 137 Å². The lowest BCUT2D eigenvalue weighted by atomic mass is 10.0. The summed E-state index contributed by atoms with van der Waals surface area (Å²) in [5.41, 5.74) is -0.306. The second-order valence-corrected chi connectivity index (χ2v) is 5.13. The van der Waals surface area contributed by atoms with Crippen molar-refractivity contribution < 1.29 is 19.4 Å². The van der Waals surface area contributed by atoms with Crippen LogP contribution in [0.25, 0.3) is 10.9 Å². The molecule has 0 bridgehead atoms. The Kier molecular flexibility index (Phi) is 3.95. The van der Waals surface area contributed by atoms with Crippen LogP contribution in [0, 0.1) is 0 Å². The summed E-state index contributed by atoms with van der Waals surface area (Å²) in [5.74, 6) is -0.151. The molecule has 0 atom stereocenters.